The van der Waals surface area contributed by atoms with E-state index in [1.54, 1.807) is 18.5 Å². The van der Waals surface area contributed by atoms with E-state index in [4.69, 9.17) is 15.5 Å². The van der Waals surface area contributed by atoms with Gasteiger partial charge in [-0.05, 0) is 32.3 Å². The van der Waals surface area contributed by atoms with E-state index in [1.807, 2.05) is 12.4 Å². The Hall–Kier alpha value is -3.47. The number of fused-ring (bicyclic) bond motifs is 3. The molecule has 3 N–H and O–H groups in total. The van der Waals surface area contributed by atoms with E-state index < -0.39 is 11.4 Å². The Balaban J connectivity index is 1.48. The number of anilines is 2. The van der Waals surface area contributed by atoms with Crippen LogP contribution in [0.2, 0.25) is 0 Å². The summed E-state index contributed by atoms with van der Waals surface area (Å²) in [5.74, 6) is 0.899. The Labute approximate surface area is 196 Å². The van der Waals surface area contributed by atoms with Gasteiger partial charge in [-0.3, -0.25) is 4.68 Å². The third-order valence-corrected chi connectivity index (χ3v) is 6.15. The summed E-state index contributed by atoms with van der Waals surface area (Å²) >= 11 is 0. The minimum Gasteiger partial charge on any atom is -0.494 e. The van der Waals surface area contributed by atoms with Crippen molar-refractivity contribution in [2.24, 2.45) is 5.92 Å². The van der Waals surface area contributed by atoms with Crippen LogP contribution in [-0.4, -0.2) is 60.3 Å². The highest BCUT2D eigenvalue weighted by molar-refractivity contribution is 5.93. The maximum absolute atomic E-state index is 14.4. The Kier molecular flexibility index (Phi) is 5.31. The molecule has 0 aliphatic carbocycles. The van der Waals surface area contributed by atoms with E-state index in [0.29, 0.717) is 41.4 Å². The molecule has 10 nitrogen and oxygen atoms in total. The molecular formula is C23H29FN8O2. The van der Waals surface area contributed by atoms with Crippen molar-refractivity contribution < 1.29 is 14.2 Å². The molecule has 0 saturated carbocycles. The molecule has 0 spiro atoms. The molecule has 1 aliphatic heterocycles. The molecule has 5 rings (SSSR count). The first-order valence-electron chi connectivity index (χ1n) is 11.3. The van der Waals surface area contributed by atoms with Crippen LogP contribution in [0.5, 0.6) is 5.75 Å². The van der Waals surface area contributed by atoms with Crippen LogP contribution >= 0.6 is 0 Å². The molecule has 2 atom stereocenters. The van der Waals surface area contributed by atoms with Crippen molar-refractivity contribution in [1.82, 2.24) is 29.4 Å². The zero-order valence-electron chi connectivity index (χ0n) is 19.7. The van der Waals surface area contributed by atoms with E-state index in [-0.39, 0.29) is 17.6 Å². The van der Waals surface area contributed by atoms with E-state index in [9.17, 15) is 9.50 Å². The molecule has 4 aromatic rings. The number of halogens is 1. The van der Waals surface area contributed by atoms with Gasteiger partial charge in [-0.25, -0.2) is 14.4 Å². The summed E-state index contributed by atoms with van der Waals surface area (Å²) in [7, 11) is 1.41. The fourth-order valence-electron chi connectivity index (χ4n) is 4.72. The lowest BCUT2D eigenvalue weighted by molar-refractivity contribution is 0.0577. The van der Waals surface area contributed by atoms with Crippen LogP contribution in [0, 0.1) is 11.7 Å². The van der Waals surface area contributed by atoms with Gasteiger partial charge in [-0.15, -0.1) is 5.10 Å². The highest BCUT2D eigenvalue weighted by Crippen LogP contribution is 2.33. The lowest BCUT2D eigenvalue weighted by Gasteiger charge is -2.36. The lowest BCUT2D eigenvalue weighted by atomic mass is 9.90. The van der Waals surface area contributed by atoms with Crippen LogP contribution in [0.3, 0.4) is 0 Å². The second-order valence-electron chi connectivity index (χ2n) is 9.83. The van der Waals surface area contributed by atoms with Gasteiger partial charge in [0.1, 0.15) is 0 Å². The van der Waals surface area contributed by atoms with Gasteiger partial charge in [0.15, 0.2) is 23.0 Å². The number of nitrogens with two attached hydrogens (primary N) is 1. The van der Waals surface area contributed by atoms with Crippen molar-refractivity contribution in [3.8, 4) is 5.75 Å². The summed E-state index contributed by atoms with van der Waals surface area (Å²) in [5, 5.41) is 19.7. The van der Waals surface area contributed by atoms with Gasteiger partial charge in [0.05, 0.1) is 36.7 Å². The maximum atomic E-state index is 14.4. The highest BCUT2D eigenvalue weighted by atomic mass is 19.1. The molecular weight excluding hydrogens is 439 g/mol. The molecule has 1 aromatic carbocycles. The molecule has 1 aliphatic rings. The third-order valence-electron chi connectivity index (χ3n) is 6.15. The SMILES string of the molecule is COc1cc2nc(N)n3nc([C@@H]4C[C@H](C)CN(c5cnn(CC(C)(C)O)c5)C4)nc3c2cc1F. The summed E-state index contributed by atoms with van der Waals surface area (Å²) in [4.78, 5) is 11.4. The fourth-order valence-corrected chi connectivity index (χ4v) is 4.72. The second kappa shape index (κ2) is 8.08. The quantitative estimate of drug-likeness (QED) is 0.459. The molecule has 180 valence electrons. The fraction of sp³-hybridized carbons (Fsp3) is 0.478. The first-order valence-corrected chi connectivity index (χ1v) is 11.3. The van der Waals surface area contributed by atoms with Gasteiger partial charge >= 0.3 is 0 Å². The van der Waals surface area contributed by atoms with Crippen LogP contribution in [0.15, 0.2) is 24.5 Å². The minimum atomic E-state index is -0.846. The first kappa shape index (κ1) is 22.3. The second-order valence-corrected chi connectivity index (χ2v) is 9.83. The summed E-state index contributed by atoms with van der Waals surface area (Å²) < 4.78 is 22.7. The average molecular weight is 469 g/mol. The van der Waals surface area contributed by atoms with Crippen molar-refractivity contribution in [1.29, 1.82) is 0 Å². The number of hydrogen-bond donors (Lipinski definition) is 2. The van der Waals surface area contributed by atoms with Crippen molar-refractivity contribution >= 4 is 28.2 Å². The molecule has 11 heteroatoms. The monoisotopic (exact) mass is 468 g/mol. The van der Waals surface area contributed by atoms with Crippen LogP contribution < -0.4 is 15.4 Å². The number of aliphatic hydroxyl groups is 1. The number of benzene rings is 1. The molecule has 1 fully saturated rings. The van der Waals surface area contributed by atoms with Crippen LogP contribution in [0.4, 0.5) is 16.0 Å². The number of piperidine rings is 1. The molecule has 0 bridgehead atoms. The molecule has 4 heterocycles. The zero-order valence-corrected chi connectivity index (χ0v) is 19.7. The predicted octanol–water partition coefficient (Wildman–Crippen LogP) is 2.60. The normalized spacial score (nSPS) is 19.3. The van der Waals surface area contributed by atoms with Gasteiger partial charge in [-0.2, -0.15) is 9.61 Å². The number of nitrogen functional groups attached to an aromatic ring is 1. The van der Waals surface area contributed by atoms with E-state index in [1.165, 1.54) is 23.8 Å². The summed E-state index contributed by atoms with van der Waals surface area (Å²) in [6, 6.07) is 2.88. The standard InChI is InChI=1S/C23H29FN8O2/c1-13-5-14(10-30(9-13)15-8-26-31(11-15)12-23(2,3)33)20-28-21-16-6-17(24)19(34-4)7-18(16)27-22(25)32(21)29-20/h6-8,11,13-14,33H,5,9-10,12H2,1-4H3,(H2,25,27)/t13-,14+/m0/s1. The van der Waals surface area contributed by atoms with Crippen molar-refractivity contribution in [2.45, 2.75) is 45.3 Å². The number of aromatic nitrogens is 6. The van der Waals surface area contributed by atoms with Crippen molar-refractivity contribution in [3.05, 3.63) is 36.2 Å². The predicted molar refractivity (Wildman–Crippen MR) is 126 cm³/mol. The largest absolute Gasteiger partial charge is 0.494 e. The lowest BCUT2D eigenvalue weighted by Crippen LogP contribution is -2.39. The average Bonchev–Trinajstić information content (AvgIpc) is 3.40. The van der Waals surface area contributed by atoms with Crippen LogP contribution in [-0.2, 0) is 6.54 Å². The Morgan fingerprint density at radius 2 is 2.06 bits per heavy atom. The summed E-state index contributed by atoms with van der Waals surface area (Å²) in [6.07, 6.45) is 4.69. The molecule has 3 aromatic heterocycles. The molecule has 34 heavy (non-hydrogen) atoms. The van der Waals surface area contributed by atoms with Crippen LogP contribution in [0.25, 0.3) is 16.6 Å². The highest BCUT2D eigenvalue weighted by Gasteiger charge is 2.30. The molecule has 0 unspecified atom stereocenters. The first-order chi connectivity index (χ1) is 16.1. The minimum absolute atomic E-state index is 0.0545. The van der Waals surface area contributed by atoms with E-state index in [0.717, 1.165) is 18.7 Å². The van der Waals surface area contributed by atoms with Crippen LogP contribution in [0.1, 0.15) is 38.9 Å². The maximum Gasteiger partial charge on any atom is 0.223 e. The summed E-state index contributed by atoms with van der Waals surface area (Å²) in [6.45, 7) is 7.72. The Bertz CT molecular complexity index is 1360. The zero-order chi connectivity index (χ0) is 24.2. The molecule has 0 amide bonds. The number of rotatable bonds is 5. The third kappa shape index (κ3) is 4.11. The number of nitrogens with zero attached hydrogens (tertiary/aromatic N) is 7. The number of ether oxygens (including phenoxy) is 1. The van der Waals surface area contributed by atoms with E-state index >= 15 is 0 Å². The van der Waals surface area contributed by atoms with Gasteiger partial charge in [-0.1, -0.05) is 6.92 Å². The smallest absolute Gasteiger partial charge is 0.223 e. The van der Waals surface area contributed by atoms with Gasteiger partial charge in [0.2, 0.25) is 5.95 Å². The van der Waals surface area contributed by atoms with Crippen molar-refractivity contribution in [3.63, 3.8) is 0 Å². The van der Waals surface area contributed by atoms with Gasteiger partial charge in [0, 0.05) is 36.7 Å². The summed E-state index contributed by atoms with van der Waals surface area (Å²) in [5.41, 5.74) is 7.29. The Morgan fingerprint density at radius 1 is 1.26 bits per heavy atom. The molecule has 1 saturated heterocycles. The molecule has 0 radical (unpaired) electrons. The van der Waals surface area contributed by atoms with E-state index in [2.05, 4.69) is 27.0 Å². The van der Waals surface area contributed by atoms with Crippen molar-refractivity contribution in [2.75, 3.05) is 30.8 Å². The number of methoxy groups -OCH3 is 1. The van der Waals surface area contributed by atoms with Gasteiger partial charge < -0.3 is 20.5 Å². The number of hydrogen-bond acceptors (Lipinski definition) is 8. The topological polar surface area (TPSA) is 120 Å². The van der Waals surface area contributed by atoms with Gasteiger partial charge in [0.25, 0.3) is 0 Å². The Morgan fingerprint density at radius 3 is 2.79 bits per heavy atom.